The van der Waals surface area contributed by atoms with Crippen molar-refractivity contribution in [3.63, 3.8) is 0 Å². The van der Waals surface area contributed by atoms with Crippen molar-refractivity contribution in [1.82, 2.24) is 4.98 Å². The Kier molecular flexibility index (Phi) is 1.73. The topological polar surface area (TPSA) is 51.3 Å². The van der Waals surface area contributed by atoms with Crippen molar-refractivity contribution in [3.8, 4) is 0 Å². The summed E-state index contributed by atoms with van der Waals surface area (Å²) in [4.78, 5) is 5.34. The van der Waals surface area contributed by atoms with Crippen LogP contribution in [0.5, 0.6) is 0 Å². The van der Waals surface area contributed by atoms with E-state index in [0.29, 0.717) is 6.54 Å². The van der Waals surface area contributed by atoms with Gasteiger partial charge in [0.25, 0.3) is 0 Å². The molecule has 0 saturated heterocycles. The van der Waals surface area contributed by atoms with Crippen molar-refractivity contribution in [3.05, 3.63) is 53.2 Å². The lowest BCUT2D eigenvalue weighted by molar-refractivity contribution is -0.533. The molecule has 0 radical (unpaired) electrons. The number of hydrogen-bond acceptors (Lipinski definition) is 3. The summed E-state index contributed by atoms with van der Waals surface area (Å²) in [5.41, 5.74) is 3.62. The van der Waals surface area contributed by atoms with Crippen LogP contribution in [0.25, 0.3) is 21.8 Å². The molecular formula is C14H9N3O. The Morgan fingerprint density at radius 3 is 2.89 bits per heavy atom. The number of benzene rings is 2. The Morgan fingerprint density at radius 2 is 1.94 bits per heavy atom. The lowest BCUT2D eigenvalue weighted by atomic mass is 10.0. The van der Waals surface area contributed by atoms with E-state index in [-0.39, 0.29) is 0 Å². The lowest BCUT2D eigenvalue weighted by Crippen LogP contribution is -1.93. The van der Waals surface area contributed by atoms with Gasteiger partial charge in [-0.1, -0.05) is 23.1 Å². The Morgan fingerprint density at radius 1 is 1.06 bits per heavy atom. The second kappa shape index (κ2) is 3.26. The molecule has 2 heterocycles. The number of nitrogens with zero attached hydrogens (tertiary/aromatic N) is 3. The first kappa shape index (κ1) is 9.53. The van der Waals surface area contributed by atoms with Crippen molar-refractivity contribution in [2.75, 3.05) is 0 Å². The monoisotopic (exact) mass is 235 g/mol. The molecule has 4 rings (SSSR count). The van der Waals surface area contributed by atoms with Gasteiger partial charge in [0.15, 0.2) is 0 Å². The van der Waals surface area contributed by atoms with E-state index >= 15 is 0 Å². The van der Waals surface area contributed by atoms with Gasteiger partial charge in [0, 0.05) is 15.9 Å². The predicted octanol–water partition coefficient (Wildman–Crippen LogP) is 3.50. The molecule has 2 aromatic carbocycles. The van der Waals surface area contributed by atoms with Crippen molar-refractivity contribution in [2.45, 2.75) is 6.54 Å². The predicted molar refractivity (Wildman–Crippen MR) is 68.7 cm³/mol. The molecule has 0 aliphatic carbocycles. The molecule has 4 heteroatoms. The van der Waals surface area contributed by atoms with Crippen LogP contribution in [0.3, 0.4) is 0 Å². The molecule has 0 atom stereocenters. The van der Waals surface area contributed by atoms with E-state index in [0.717, 1.165) is 37.9 Å². The molecule has 4 nitrogen and oxygen atoms in total. The molecular weight excluding hydrogens is 226 g/mol. The van der Waals surface area contributed by atoms with Gasteiger partial charge in [-0.05, 0) is 24.3 Å². The van der Waals surface area contributed by atoms with E-state index < -0.39 is 0 Å². The van der Waals surface area contributed by atoms with E-state index in [2.05, 4.69) is 16.2 Å². The van der Waals surface area contributed by atoms with Crippen LogP contribution >= 0.6 is 0 Å². The summed E-state index contributed by atoms with van der Waals surface area (Å²) in [6.45, 7) is 0.312. The van der Waals surface area contributed by atoms with Gasteiger partial charge in [-0.3, -0.25) is 0 Å². The molecule has 86 valence electrons. The normalized spacial score (nSPS) is 13.9. The van der Waals surface area contributed by atoms with Crippen LogP contribution in [-0.2, 0) is 6.54 Å². The molecule has 0 spiro atoms. The molecule has 1 aliphatic rings. The highest BCUT2D eigenvalue weighted by atomic mass is 16.5. The average molecular weight is 235 g/mol. The Bertz CT molecular complexity index is 824. The van der Waals surface area contributed by atoms with Crippen molar-refractivity contribution in [2.24, 2.45) is 5.11 Å². The van der Waals surface area contributed by atoms with E-state index in [4.69, 9.17) is 0 Å². The molecule has 18 heavy (non-hydrogen) atoms. The fourth-order valence-corrected chi connectivity index (χ4v) is 2.45. The summed E-state index contributed by atoms with van der Waals surface area (Å²) < 4.78 is 0. The van der Waals surface area contributed by atoms with Gasteiger partial charge in [0.2, 0.25) is 6.54 Å². The van der Waals surface area contributed by atoms with Crippen LogP contribution in [0.1, 0.15) is 5.56 Å². The first-order chi connectivity index (χ1) is 8.81. The standard InChI is InChI=1S/C14H9N3O/c18-17-8-11-10-7-9-3-1-2-4-12(9)15-13(10)5-6-14(11)16-17/h1-7H,8H2. The number of hydrogen-bond donors (Lipinski definition) is 0. The van der Waals surface area contributed by atoms with Crippen LogP contribution < -0.4 is 0 Å². The SMILES string of the molecule is [O-][N+]1=Nc2ccc3nc4ccccc4cc3c2C1. The van der Waals surface area contributed by atoms with Gasteiger partial charge >= 0.3 is 0 Å². The van der Waals surface area contributed by atoms with E-state index in [1.54, 1.807) is 0 Å². The fraction of sp³-hybridized carbons (Fsp3) is 0.0714. The Balaban J connectivity index is 2.12. The summed E-state index contributed by atoms with van der Waals surface area (Å²) in [7, 11) is 0. The smallest absolute Gasteiger partial charge is 0.208 e. The van der Waals surface area contributed by atoms with Gasteiger partial charge in [0.05, 0.1) is 16.6 Å². The summed E-state index contributed by atoms with van der Waals surface area (Å²) in [5, 5.41) is 17.4. The highest BCUT2D eigenvalue weighted by Crippen LogP contribution is 2.33. The molecule has 0 N–H and O–H groups in total. The van der Waals surface area contributed by atoms with Crippen LogP contribution in [0, 0.1) is 5.21 Å². The summed E-state index contributed by atoms with van der Waals surface area (Å²) in [6, 6.07) is 13.9. The molecule has 0 unspecified atom stereocenters. The van der Waals surface area contributed by atoms with Crippen LogP contribution in [0.15, 0.2) is 47.6 Å². The maximum Gasteiger partial charge on any atom is 0.208 e. The second-order valence-electron chi connectivity index (χ2n) is 4.42. The van der Waals surface area contributed by atoms with E-state index in [9.17, 15) is 5.21 Å². The average Bonchev–Trinajstić information content (AvgIpc) is 2.77. The number of rotatable bonds is 0. The highest BCUT2D eigenvalue weighted by Gasteiger charge is 2.20. The van der Waals surface area contributed by atoms with Gasteiger partial charge in [-0.2, -0.15) is 0 Å². The summed E-state index contributed by atoms with van der Waals surface area (Å²) in [5.74, 6) is 0. The molecule has 0 fully saturated rings. The number of pyridine rings is 1. The molecule has 0 amide bonds. The minimum Gasteiger partial charge on any atom is -0.599 e. The zero-order chi connectivity index (χ0) is 12.1. The van der Waals surface area contributed by atoms with Gasteiger partial charge in [-0.25, -0.2) is 4.98 Å². The van der Waals surface area contributed by atoms with Crippen molar-refractivity contribution in [1.29, 1.82) is 0 Å². The number of hydroxylamine groups is 1. The van der Waals surface area contributed by atoms with Gasteiger partial charge < -0.3 is 5.21 Å². The van der Waals surface area contributed by atoms with Gasteiger partial charge in [0.1, 0.15) is 5.69 Å². The van der Waals surface area contributed by atoms with E-state index in [1.165, 1.54) is 0 Å². The maximum atomic E-state index is 11.3. The van der Waals surface area contributed by atoms with Gasteiger partial charge in [-0.15, -0.1) is 0 Å². The lowest BCUT2D eigenvalue weighted by Gasteiger charge is -2.03. The van der Waals surface area contributed by atoms with Crippen molar-refractivity contribution >= 4 is 27.5 Å². The van der Waals surface area contributed by atoms with E-state index in [1.807, 2.05) is 36.4 Å². The Hall–Kier alpha value is -2.49. The van der Waals surface area contributed by atoms with Crippen LogP contribution in [-0.4, -0.2) is 9.84 Å². The third-order valence-electron chi connectivity index (χ3n) is 3.30. The molecule has 1 aliphatic heterocycles. The van der Waals surface area contributed by atoms with Crippen LogP contribution in [0.2, 0.25) is 0 Å². The largest absolute Gasteiger partial charge is 0.599 e. The quantitative estimate of drug-likeness (QED) is 0.340. The number of aromatic nitrogens is 1. The molecule has 0 bridgehead atoms. The zero-order valence-electron chi connectivity index (χ0n) is 9.50. The molecule has 1 aromatic heterocycles. The van der Waals surface area contributed by atoms with Crippen LogP contribution in [0.4, 0.5) is 5.69 Å². The zero-order valence-corrected chi connectivity index (χ0v) is 9.50. The first-order valence-electron chi connectivity index (χ1n) is 5.79. The third kappa shape index (κ3) is 1.23. The summed E-state index contributed by atoms with van der Waals surface area (Å²) >= 11 is 0. The number of fused-ring (bicyclic) bond motifs is 4. The second-order valence-corrected chi connectivity index (χ2v) is 4.42. The number of para-hydroxylation sites is 1. The number of azo groups is 1. The third-order valence-corrected chi connectivity index (χ3v) is 3.30. The Labute approximate surface area is 103 Å². The maximum absolute atomic E-state index is 11.3. The molecule has 3 aromatic rings. The first-order valence-corrected chi connectivity index (χ1v) is 5.79. The minimum atomic E-state index is 0.312. The summed E-state index contributed by atoms with van der Waals surface area (Å²) in [6.07, 6.45) is 0. The van der Waals surface area contributed by atoms with Crippen molar-refractivity contribution < 1.29 is 4.86 Å². The minimum absolute atomic E-state index is 0.312. The molecule has 0 saturated carbocycles. The highest BCUT2D eigenvalue weighted by molar-refractivity contribution is 5.96. The fourth-order valence-electron chi connectivity index (χ4n) is 2.45.